The topological polar surface area (TPSA) is 57.3 Å². The summed E-state index contributed by atoms with van der Waals surface area (Å²) >= 11 is 0. The zero-order valence-electron chi connectivity index (χ0n) is 20.0. The molecular weight excluding hydrogens is 408 g/mol. The highest BCUT2D eigenvalue weighted by atomic mass is 28.4. The molecule has 31 heavy (non-hydrogen) atoms. The van der Waals surface area contributed by atoms with Gasteiger partial charge in [-0.25, -0.2) is 0 Å². The fraction of sp³-hybridized carbons (Fsp3) is 0.640. The number of hydrogen-bond donors (Lipinski definition) is 0. The van der Waals surface area contributed by atoms with Crippen LogP contribution >= 0.6 is 0 Å². The van der Waals surface area contributed by atoms with E-state index in [9.17, 15) is 4.79 Å². The molecule has 2 aliphatic rings. The quantitative estimate of drug-likeness (QED) is 0.228. The maximum absolute atomic E-state index is 12.6. The third-order valence-electron chi connectivity index (χ3n) is 7.12. The predicted octanol–water partition coefficient (Wildman–Crippen LogP) is 5.11. The number of epoxide rings is 1. The Morgan fingerprint density at radius 1 is 1.19 bits per heavy atom. The van der Waals surface area contributed by atoms with Gasteiger partial charge in [0.1, 0.15) is 12.2 Å². The average Bonchev–Trinajstić information content (AvgIpc) is 3.45. The molecule has 1 aromatic carbocycles. The van der Waals surface area contributed by atoms with Gasteiger partial charge in [0.2, 0.25) is 0 Å². The van der Waals surface area contributed by atoms with Gasteiger partial charge in [-0.3, -0.25) is 4.79 Å². The summed E-state index contributed by atoms with van der Waals surface area (Å²) < 4.78 is 24.9. The van der Waals surface area contributed by atoms with Gasteiger partial charge in [0, 0.05) is 5.92 Å². The lowest BCUT2D eigenvalue weighted by Crippen LogP contribution is -2.51. The number of carbonyl (C=O) groups excluding carboxylic acids is 1. The number of esters is 1. The standard InChI is InChI=1S/C25H38O5Si/c1-9-19-20(28-19)16(2)21(27-15-18-13-11-10-12-14-18)23-22(17(3)24(26)29-23)30-31(7,8)25(4,5)6/h9-14,16-17,19-23H,1,15H2,2-8H3/t16-,17-,19-,20-,21+,22-,23+/m1/s1. The molecule has 0 radical (unpaired) electrons. The van der Waals surface area contributed by atoms with Crippen LogP contribution in [0.4, 0.5) is 0 Å². The average molecular weight is 447 g/mol. The van der Waals surface area contributed by atoms with Crippen LogP contribution in [0.1, 0.15) is 40.2 Å². The van der Waals surface area contributed by atoms with Crippen LogP contribution < -0.4 is 0 Å². The predicted molar refractivity (Wildman–Crippen MR) is 124 cm³/mol. The second-order valence-corrected chi connectivity index (χ2v) is 15.2. The minimum atomic E-state index is -2.12. The zero-order valence-corrected chi connectivity index (χ0v) is 21.0. The molecule has 2 fully saturated rings. The van der Waals surface area contributed by atoms with Crippen molar-refractivity contribution >= 4 is 14.3 Å². The Morgan fingerprint density at radius 2 is 1.84 bits per heavy atom. The highest BCUT2D eigenvalue weighted by molar-refractivity contribution is 6.74. The van der Waals surface area contributed by atoms with Crippen molar-refractivity contribution in [3.05, 3.63) is 48.6 Å². The van der Waals surface area contributed by atoms with Gasteiger partial charge >= 0.3 is 5.97 Å². The lowest BCUT2D eigenvalue weighted by molar-refractivity contribution is -0.154. The van der Waals surface area contributed by atoms with Crippen molar-refractivity contribution in [2.24, 2.45) is 11.8 Å². The van der Waals surface area contributed by atoms with Crippen LogP contribution in [0.5, 0.6) is 0 Å². The summed E-state index contributed by atoms with van der Waals surface area (Å²) in [7, 11) is -2.12. The van der Waals surface area contributed by atoms with E-state index in [-0.39, 0.29) is 47.3 Å². The van der Waals surface area contributed by atoms with Crippen molar-refractivity contribution in [2.75, 3.05) is 0 Å². The van der Waals surface area contributed by atoms with E-state index in [1.54, 1.807) is 0 Å². The van der Waals surface area contributed by atoms with Crippen molar-refractivity contribution in [2.45, 2.75) is 89.9 Å². The van der Waals surface area contributed by atoms with Crippen LogP contribution in [0, 0.1) is 11.8 Å². The molecular formula is C25H38O5Si. The van der Waals surface area contributed by atoms with E-state index in [1.165, 1.54) is 0 Å². The molecule has 172 valence electrons. The minimum absolute atomic E-state index is 0.0152. The van der Waals surface area contributed by atoms with Gasteiger partial charge in [0.15, 0.2) is 14.4 Å². The van der Waals surface area contributed by atoms with E-state index >= 15 is 0 Å². The van der Waals surface area contributed by atoms with E-state index in [4.69, 9.17) is 18.6 Å². The first-order valence-corrected chi connectivity index (χ1v) is 14.2. The van der Waals surface area contributed by atoms with Crippen molar-refractivity contribution in [3.8, 4) is 0 Å². The first kappa shape index (κ1) is 24.2. The second-order valence-electron chi connectivity index (χ2n) is 10.5. The smallest absolute Gasteiger partial charge is 0.311 e. The number of ether oxygens (including phenoxy) is 3. The molecule has 2 heterocycles. The van der Waals surface area contributed by atoms with Gasteiger partial charge in [-0.2, -0.15) is 0 Å². The molecule has 2 aliphatic heterocycles. The minimum Gasteiger partial charge on any atom is -0.457 e. The Balaban J connectivity index is 1.85. The first-order valence-electron chi connectivity index (χ1n) is 11.3. The molecule has 1 aromatic rings. The summed E-state index contributed by atoms with van der Waals surface area (Å²) in [5.74, 6) is -0.518. The van der Waals surface area contributed by atoms with Crippen LogP contribution in [-0.4, -0.2) is 44.8 Å². The van der Waals surface area contributed by atoms with Crippen molar-refractivity contribution < 1.29 is 23.4 Å². The molecule has 3 rings (SSSR count). The molecule has 5 nitrogen and oxygen atoms in total. The number of rotatable bonds is 9. The number of hydrogen-bond acceptors (Lipinski definition) is 5. The third kappa shape index (κ3) is 5.30. The lowest BCUT2D eigenvalue weighted by Gasteiger charge is -2.41. The monoisotopic (exact) mass is 446 g/mol. The van der Waals surface area contributed by atoms with Gasteiger partial charge in [-0.15, -0.1) is 6.58 Å². The number of cyclic esters (lactones) is 1. The normalized spacial score (nSPS) is 30.5. The Bertz CT molecular complexity index is 772. The fourth-order valence-corrected chi connectivity index (χ4v) is 5.29. The molecule has 7 atom stereocenters. The van der Waals surface area contributed by atoms with Crippen molar-refractivity contribution in [1.82, 2.24) is 0 Å². The zero-order chi connectivity index (χ0) is 23.0. The van der Waals surface area contributed by atoms with Gasteiger partial charge in [-0.1, -0.05) is 64.1 Å². The number of benzene rings is 1. The lowest BCUT2D eigenvalue weighted by atomic mass is 9.90. The summed E-state index contributed by atoms with van der Waals surface area (Å²) in [5.41, 5.74) is 1.08. The van der Waals surface area contributed by atoms with E-state index in [1.807, 2.05) is 43.3 Å². The van der Waals surface area contributed by atoms with Crippen LogP contribution in [0.3, 0.4) is 0 Å². The van der Waals surface area contributed by atoms with Crippen LogP contribution in [-0.2, 0) is 30.0 Å². The largest absolute Gasteiger partial charge is 0.457 e. The van der Waals surface area contributed by atoms with Gasteiger partial charge < -0.3 is 18.6 Å². The van der Waals surface area contributed by atoms with Gasteiger partial charge in [-0.05, 0) is 30.6 Å². The Morgan fingerprint density at radius 3 is 2.39 bits per heavy atom. The molecule has 0 amide bonds. The van der Waals surface area contributed by atoms with Crippen LogP contribution in [0.15, 0.2) is 43.0 Å². The molecule has 0 N–H and O–H groups in total. The molecule has 0 spiro atoms. The summed E-state index contributed by atoms with van der Waals surface area (Å²) in [6, 6.07) is 10.1. The molecule has 2 saturated heterocycles. The maximum Gasteiger partial charge on any atom is 0.311 e. The summed E-state index contributed by atoms with van der Waals surface area (Å²) in [4.78, 5) is 12.6. The molecule has 0 bridgehead atoms. The summed E-state index contributed by atoms with van der Waals surface area (Å²) in [5, 5.41) is 0.0302. The van der Waals surface area contributed by atoms with E-state index in [0.717, 1.165) is 5.56 Å². The summed E-state index contributed by atoms with van der Waals surface area (Å²) in [6.45, 7) is 19.3. The molecule has 0 saturated carbocycles. The van der Waals surface area contributed by atoms with E-state index < -0.39 is 14.4 Å². The Hall–Kier alpha value is -1.47. The fourth-order valence-electron chi connectivity index (χ4n) is 3.92. The second kappa shape index (κ2) is 9.18. The van der Waals surface area contributed by atoms with Gasteiger partial charge in [0.25, 0.3) is 0 Å². The molecule has 0 aliphatic carbocycles. The van der Waals surface area contributed by atoms with Crippen LogP contribution in [0.25, 0.3) is 0 Å². The third-order valence-corrected chi connectivity index (χ3v) is 11.6. The highest BCUT2D eigenvalue weighted by Crippen LogP contribution is 2.43. The van der Waals surface area contributed by atoms with E-state index in [2.05, 4.69) is 47.4 Å². The van der Waals surface area contributed by atoms with E-state index in [0.29, 0.717) is 6.61 Å². The molecule has 0 unspecified atom stereocenters. The van der Waals surface area contributed by atoms with Gasteiger partial charge in [0.05, 0.1) is 24.7 Å². The Labute approximate surface area is 188 Å². The highest BCUT2D eigenvalue weighted by Gasteiger charge is 2.55. The van der Waals surface area contributed by atoms with Crippen molar-refractivity contribution in [1.29, 1.82) is 0 Å². The van der Waals surface area contributed by atoms with Crippen molar-refractivity contribution in [3.63, 3.8) is 0 Å². The molecule has 6 heteroatoms. The van der Waals surface area contributed by atoms with Crippen LogP contribution in [0.2, 0.25) is 18.1 Å². The molecule has 0 aromatic heterocycles. The Kier molecular flexibility index (Phi) is 7.16. The maximum atomic E-state index is 12.6. The first-order chi connectivity index (χ1) is 14.5. The SMILES string of the molecule is C=C[C@H]1O[C@@H]1[C@@H](C)[C@H](OCc1ccccc1)[C@@H]1OC(=O)[C@H](C)[C@H]1O[Si](C)(C)C(C)(C)C. The summed E-state index contributed by atoms with van der Waals surface area (Å²) in [6.07, 6.45) is 0.720. The number of carbonyl (C=O) groups is 1.